The molecule has 0 saturated carbocycles. The molecule has 11 heteroatoms. The van der Waals surface area contributed by atoms with Gasteiger partial charge in [-0.25, -0.2) is 9.37 Å². The zero-order valence-electron chi connectivity index (χ0n) is 13.8. The number of carbonyl (C=O) groups is 1. The summed E-state index contributed by atoms with van der Waals surface area (Å²) in [6, 6.07) is 3.62. The highest BCUT2D eigenvalue weighted by Gasteiger charge is 2.03. The molecule has 0 fully saturated rings. The average molecular weight is 405 g/mol. The molecule has 138 valence electrons. The van der Waals surface area contributed by atoms with E-state index in [2.05, 4.69) is 25.5 Å². The minimum absolute atomic E-state index is 0.222. The van der Waals surface area contributed by atoms with Crippen molar-refractivity contribution in [2.24, 2.45) is 10.2 Å². The number of phenolic OH excluding ortho intramolecular Hbond substituents is 1. The van der Waals surface area contributed by atoms with E-state index in [1.165, 1.54) is 36.6 Å². The monoisotopic (exact) mass is 405 g/mol. The number of thiazole rings is 2. The van der Waals surface area contributed by atoms with Gasteiger partial charge in [0.2, 0.25) is 5.91 Å². The van der Waals surface area contributed by atoms with E-state index in [-0.39, 0.29) is 17.2 Å². The largest absolute Gasteiger partial charge is 0.505 e. The Kier molecular flexibility index (Phi) is 5.52. The van der Waals surface area contributed by atoms with Crippen molar-refractivity contribution in [3.05, 3.63) is 54.6 Å². The zero-order valence-corrected chi connectivity index (χ0v) is 15.4. The highest BCUT2D eigenvalue weighted by Crippen LogP contribution is 2.21. The first kappa shape index (κ1) is 18.6. The topological polar surface area (TPSA) is 120 Å². The molecule has 0 aliphatic rings. The van der Waals surface area contributed by atoms with Crippen molar-refractivity contribution < 1.29 is 14.3 Å². The first-order chi connectivity index (χ1) is 12.9. The van der Waals surface area contributed by atoms with Gasteiger partial charge in [-0.1, -0.05) is 11.3 Å². The normalized spacial score (nSPS) is 12.8. The van der Waals surface area contributed by atoms with E-state index in [1.807, 2.05) is 0 Å². The van der Waals surface area contributed by atoms with Crippen molar-refractivity contribution in [2.45, 2.75) is 6.92 Å². The molecule has 0 spiro atoms. The van der Waals surface area contributed by atoms with E-state index in [4.69, 9.17) is 5.11 Å². The summed E-state index contributed by atoms with van der Waals surface area (Å²) in [6.07, 6.45) is 4.54. The predicted molar refractivity (Wildman–Crippen MR) is 101 cm³/mol. The number of halogens is 1. The van der Waals surface area contributed by atoms with Gasteiger partial charge >= 0.3 is 0 Å². The van der Waals surface area contributed by atoms with Gasteiger partial charge in [0.05, 0.1) is 21.3 Å². The van der Waals surface area contributed by atoms with Crippen LogP contribution in [0.4, 0.5) is 15.2 Å². The van der Waals surface area contributed by atoms with Crippen LogP contribution in [0.25, 0.3) is 12.3 Å². The number of aromatic hydroxyl groups is 1. The molecule has 2 heterocycles. The molecule has 0 unspecified atom stereocenters. The van der Waals surface area contributed by atoms with E-state index < -0.39 is 11.6 Å². The van der Waals surface area contributed by atoms with Gasteiger partial charge in [-0.3, -0.25) is 9.59 Å². The lowest BCUT2D eigenvalue weighted by atomic mass is 10.3. The fraction of sp³-hybridized carbons (Fsp3) is 0.0625. The summed E-state index contributed by atoms with van der Waals surface area (Å²) >= 11 is 2.40. The summed E-state index contributed by atoms with van der Waals surface area (Å²) in [5, 5.41) is 19.7. The summed E-state index contributed by atoms with van der Waals surface area (Å²) < 4.78 is 14.1. The van der Waals surface area contributed by atoms with Gasteiger partial charge in [0, 0.05) is 19.2 Å². The van der Waals surface area contributed by atoms with E-state index in [0.29, 0.717) is 19.2 Å². The Bertz CT molecular complexity index is 1200. The number of phenols is 1. The molecule has 0 atom stereocenters. The molecular formula is C16H12FN5O3S2. The van der Waals surface area contributed by atoms with Crippen molar-refractivity contribution >= 4 is 51.7 Å². The first-order valence-electron chi connectivity index (χ1n) is 7.44. The lowest BCUT2D eigenvalue weighted by molar-refractivity contribution is -0.114. The number of anilines is 1. The first-order valence-corrected chi connectivity index (χ1v) is 9.08. The highest BCUT2D eigenvalue weighted by molar-refractivity contribution is 7.16. The van der Waals surface area contributed by atoms with Gasteiger partial charge < -0.3 is 15.4 Å². The van der Waals surface area contributed by atoms with Crippen LogP contribution in [0, 0.1) is 5.82 Å². The highest BCUT2D eigenvalue weighted by atomic mass is 32.1. The number of nitrogens with one attached hydrogen (secondary N) is 2. The van der Waals surface area contributed by atoms with Crippen LogP contribution in [0.3, 0.4) is 0 Å². The molecule has 0 saturated heterocycles. The third kappa shape index (κ3) is 4.92. The number of hydrogen-bond donors (Lipinski definition) is 3. The van der Waals surface area contributed by atoms with E-state index in [1.54, 1.807) is 12.3 Å². The Balaban J connectivity index is 1.83. The molecule has 8 nitrogen and oxygen atoms in total. The van der Waals surface area contributed by atoms with Crippen molar-refractivity contribution in [2.75, 3.05) is 5.32 Å². The number of azo groups is 1. The van der Waals surface area contributed by atoms with Crippen molar-refractivity contribution in [3.63, 3.8) is 0 Å². The summed E-state index contributed by atoms with van der Waals surface area (Å²) in [7, 11) is 0. The Labute approximate surface area is 159 Å². The third-order valence-corrected chi connectivity index (χ3v) is 4.85. The maximum atomic E-state index is 13.2. The third-order valence-electron chi connectivity index (χ3n) is 3.04. The van der Waals surface area contributed by atoms with Crippen molar-refractivity contribution in [3.8, 4) is 5.75 Å². The number of amides is 1. The number of H-pyrrole nitrogens is 1. The number of carbonyl (C=O) groups excluding carboxylic acids is 1. The summed E-state index contributed by atoms with van der Waals surface area (Å²) in [6.45, 7) is 1.39. The van der Waals surface area contributed by atoms with Crippen LogP contribution in [0.5, 0.6) is 5.75 Å². The van der Waals surface area contributed by atoms with Crippen LogP contribution < -0.4 is 20.1 Å². The molecule has 2 aromatic heterocycles. The molecule has 27 heavy (non-hydrogen) atoms. The second-order valence-electron chi connectivity index (χ2n) is 5.16. The molecule has 3 N–H and O–H groups in total. The van der Waals surface area contributed by atoms with E-state index in [0.717, 1.165) is 17.4 Å². The Hall–Kier alpha value is -3.18. The van der Waals surface area contributed by atoms with Gasteiger partial charge in [-0.05, 0) is 18.2 Å². The maximum Gasteiger partial charge on any atom is 0.266 e. The van der Waals surface area contributed by atoms with Crippen LogP contribution in [0.15, 0.2) is 39.4 Å². The maximum absolute atomic E-state index is 13.2. The molecule has 1 aromatic carbocycles. The van der Waals surface area contributed by atoms with Gasteiger partial charge in [0.25, 0.3) is 5.56 Å². The molecule has 0 aliphatic heterocycles. The van der Waals surface area contributed by atoms with E-state index in [9.17, 15) is 14.0 Å². The quantitative estimate of drug-likeness (QED) is 0.575. The van der Waals surface area contributed by atoms with Crippen molar-refractivity contribution in [1.82, 2.24) is 9.97 Å². The number of benzene rings is 1. The summed E-state index contributed by atoms with van der Waals surface area (Å²) in [5.41, 5.74) is -0.0750. The number of rotatable bonds is 4. The van der Waals surface area contributed by atoms with Crippen LogP contribution in [0.1, 0.15) is 11.8 Å². The number of nitrogens with zero attached hydrogens (tertiary/aromatic N) is 3. The molecule has 1 amide bonds. The minimum Gasteiger partial charge on any atom is -0.505 e. The lowest BCUT2D eigenvalue weighted by Crippen LogP contribution is -2.19. The molecule has 0 aliphatic carbocycles. The minimum atomic E-state index is -0.795. The summed E-state index contributed by atoms with van der Waals surface area (Å²) in [5.74, 6) is -1.48. The molecule has 3 rings (SSSR count). The second kappa shape index (κ2) is 8.01. The Morgan fingerprint density at radius 1 is 1.41 bits per heavy atom. The summed E-state index contributed by atoms with van der Waals surface area (Å²) in [4.78, 5) is 30.4. The van der Waals surface area contributed by atoms with Crippen LogP contribution in [-0.4, -0.2) is 21.0 Å². The smallest absolute Gasteiger partial charge is 0.266 e. The van der Waals surface area contributed by atoms with Crippen LogP contribution >= 0.6 is 22.7 Å². The van der Waals surface area contributed by atoms with Gasteiger partial charge in [0.1, 0.15) is 4.66 Å². The van der Waals surface area contributed by atoms with Crippen LogP contribution in [-0.2, 0) is 4.79 Å². The molecule has 3 aromatic rings. The molecule has 0 bridgehead atoms. The SMILES string of the molecule is CC(=O)Nc1ncc(C=c2sc(=CN=Nc3ccc(O)c(F)c3)[nH]c2=O)s1. The molecular weight excluding hydrogens is 393 g/mol. The lowest BCUT2D eigenvalue weighted by Gasteiger charge is -1.94. The Morgan fingerprint density at radius 3 is 2.96 bits per heavy atom. The predicted octanol–water partition coefficient (Wildman–Crippen LogP) is 2.05. The van der Waals surface area contributed by atoms with Crippen molar-refractivity contribution in [1.29, 1.82) is 0 Å². The van der Waals surface area contributed by atoms with Gasteiger partial charge in [0.15, 0.2) is 16.7 Å². The zero-order chi connectivity index (χ0) is 19.4. The number of hydrogen-bond acceptors (Lipinski definition) is 8. The number of aromatic amines is 1. The Morgan fingerprint density at radius 2 is 2.22 bits per heavy atom. The van der Waals surface area contributed by atoms with Crippen LogP contribution in [0.2, 0.25) is 0 Å². The van der Waals surface area contributed by atoms with E-state index >= 15 is 0 Å². The fourth-order valence-electron chi connectivity index (χ4n) is 1.91. The standard InChI is InChI=1S/C16H12FN5O3S2/c1-8(23)20-16-18-6-10(26-16)5-13-15(25)21-14(27-13)7-19-22-9-2-3-12(24)11(17)4-9/h2-7,24H,1H3,(H,21,25)(H,18,20,23). The molecule has 0 radical (unpaired) electrons. The fourth-order valence-corrected chi connectivity index (χ4v) is 3.60. The average Bonchev–Trinajstić information content (AvgIpc) is 3.17. The van der Waals surface area contributed by atoms with Gasteiger partial charge in [-0.15, -0.1) is 11.3 Å². The number of aromatic nitrogens is 2. The van der Waals surface area contributed by atoms with Gasteiger partial charge in [-0.2, -0.15) is 10.2 Å². The second-order valence-corrected chi connectivity index (χ2v) is 7.30.